The molecule has 0 aliphatic carbocycles. The van der Waals surface area contributed by atoms with Crippen molar-refractivity contribution in [3.8, 4) is 0 Å². The lowest BCUT2D eigenvalue weighted by molar-refractivity contribution is -0.138. The fourth-order valence-electron chi connectivity index (χ4n) is 3.60. The lowest BCUT2D eigenvalue weighted by Gasteiger charge is -2.38. The molecular formula is C18H25N5O4. The molecule has 1 aromatic carbocycles. The number of rotatable bonds is 6. The molecule has 0 bridgehead atoms. The number of carboxylic acids is 1. The number of carbonyl (C=O) groups is 2. The molecule has 2 heterocycles. The Labute approximate surface area is 157 Å². The van der Waals surface area contributed by atoms with Crippen molar-refractivity contribution in [3.63, 3.8) is 0 Å². The zero-order valence-corrected chi connectivity index (χ0v) is 15.1. The highest BCUT2D eigenvalue weighted by Gasteiger charge is 2.37. The molecule has 2 fully saturated rings. The van der Waals surface area contributed by atoms with Crippen LogP contribution in [0.5, 0.6) is 0 Å². The van der Waals surface area contributed by atoms with Crippen molar-refractivity contribution < 1.29 is 19.4 Å². The van der Waals surface area contributed by atoms with Crippen LogP contribution in [0.2, 0.25) is 0 Å². The first-order chi connectivity index (χ1) is 12.8. The predicted octanol–water partition coefficient (Wildman–Crippen LogP) is 0.564. The molecule has 6 N–H and O–H groups in total. The number of hydrogen-bond donors (Lipinski definition) is 4. The third-order valence-electron chi connectivity index (χ3n) is 5.18. The molecule has 0 radical (unpaired) electrons. The van der Waals surface area contributed by atoms with Gasteiger partial charge in [-0.15, -0.1) is 0 Å². The van der Waals surface area contributed by atoms with Gasteiger partial charge >= 0.3 is 12.1 Å². The van der Waals surface area contributed by atoms with Gasteiger partial charge in [0, 0.05) is 36.4 Å². The number of amidine groups is 1. The number of nitrogen functional groups attached to an aromatic ring is 1. The number of amides is 1. The number of carbonyl (C=O) groups excluding carboxylic acids is 1. The summed E-state index contributed by atoms with van der Waals surface area (Å²) in [7, 11) is 0. The monoisotopic (exact) mass is 375 g/mol. The van der Waals surface area contributed by atoms with Crippen molar-refractivity contribution in [2.24, 2.45) is 11.5 Å². The van der Waals surface area contributed by atoms with Crippen LogP contribution in [-0.2, 0) is 9.53 Å². The van der Waals surface area contributed by atoms with E-state index in [0.29, 0.717) is 50.3 Å². The molecule has 3 rings (SSSR count). The summed E-state index contributed by atoms with van der Waals surface area (Å²) < 4.78 is 5.48. The Balaban J connectivity index is 1.54. The van der Waals surface area contributed by atoms with E-state index in [0.717, 1.165) is 0 Å². The summed E-state index contributed by atoms with van der Waals surface area (Å²) in [4.78, 5) is 26.9. The average molecular weight is 375 g/mol. The summed E-state index contributed by atoms with van der Waals surface area (Å²) in [6.45, 7) is 2.41. The van der Waals surface area contributed by atoms with E-state index in [1.54, 1.807) is 29.2 Å². The van der Waals surface area contributed by atoms with Gasteiger partial charge in [-0.05, 0) is 37.1 Å². The Morgan fingerprint density at radius 1 is 1.30 bits per heavy atom. The number of carboxylic acid groups (broad SMARTS) is 1. The Morgan fingerprint density at radius 2 is 1.93 bits per heavy atom. The fourth-order valence-corrected chi connectivity index (χ4v) is 3.60. The standard InChI is InChI=1S/C18H25N5O4/c19-16(20)12-1-3-13(4-2-12)23-11-14(27-17(23)26)10-22-7-5-18(21,6-8-22)9-15(24)25/h1-4,14H,5-11,21H2,(H3,19,20)(H,24,25). The number of anilines is 1. The quantitative estimate of drug-likeness (QED) is 0.420. The van der Waals surface area contributed by atoms with Gasteiger partial charge in [-0.3, -0.25) is 20.0 Å². The van der Waals surface area contributed by atoms with Gasteiger partial charge in [0.15, 0.2) is 0 Å². The van der Waals surface area contributed by atoms with Crippen LogP contribution < -0.4 is 16.4 Å². The Hall–Kier alpha value is -2.65. The summed E-state index contributed by atoms with van der Waals surface area (Å²) in [5, 5.41) is 16.4. The number of nitrogens with two attached hydrogens (primary N) is 2. The first kappa shape index (κ1) is 19.1. The maximum atomic E-state index is 12.2. The van der Waals surface area contributed by atoms with Gasteiger partial charge in [-0.25, -0.2) is 4.79 Å². The highest BCUT2D eigenvalue weighted by atomic mass is 16.6. The molecule has 0 aromatic heterocycles. The molecule has 0 spiro atoms. The molecule has 1 unspecified atom stereocenters. The zero-order valence-electron chi connectivity index (χ0n) is 15.1. The van der Waals surface area contributed by atoms with E-state index < -0.39 is 17.6 Å². The Bertz CT molecular complexity index is 728. The van der Waals surface area contributed by atoms with E-state index in [2.05, 4.69) is 4.90 Å². The maximum absolute atomic E-state index is 12.2. The largest absolute Gasteiger partial charge is 0.481 e. The number of nitrogens with one attached hydrogen (secondary N) is 1. The highest BCUT2D eigenvalue weighted by Crippen LogP contribution is 2.26. The number of nitrogens with zero attached hydrogens (tertiary/aromatic N) is 2. The minimum Gasteiger partial charge on any atom is -0.481 e. The van der Waals surface area contributed by atoms with Crippen molar-refractivity contribution in [2.75, 3.05) is 31.1 Å². The summed E-state index contributed by atoms with van der Waals surface area (Å²) >= 11 is 0. The Kier molecular flexibility index (Phi) is 5.33. The topological polar surface area (TPSA) is 146 Å². The van der Waals surface area contributed by atoms with E-state index in [1.807, 2.05) is 0 Å². The molecular weight excluding hydrogens is 350 g/mol. The molecule has 2 aliphatic heterocycles. The van der Waals surface area contributed by atoms with Crippen LogP contribution in [0.15, 0.2) is 24.3 Å². The second-order valence-corrected chi connectivity index (χ2v) is 7.31. The van der Waals surface area contributed by atoms with Crippen LogP contribution in [0.25, 0.3) is 0 Å². The molecule has 1 aromatic rings. The van der Waals surface area contributed by atoms with E-state index in [9.17, 15) is 9.59 Å². The van der Waals surface area contributed by atoms with Crippen molar-refractivity contribution in [1.29, 1.82) is 5.41 Å². The summed E-state index contributed by atoms with van der Waals surface area (Å²) in [6, 6.07) is 6.89. The lowest BCUT2D eigenvalue weighted by Crippen LogP contribution is -2.52. The molecule has 0 saturated carbocycles. The van der Waals surface area contributed by atoms with Crippen molar-refractivity contribution in [3.05, 3.63) is 29.8 Å². The third kappa shape index (κ3) is 4.55. The van der Waals surface area contributed by atoms with Crippen molar-refractivity contribution >= 4 is 23.6 Å². The molecule has 2 saturated heterocycles. The van der Waals surface area contributed by atoms with E-state index >= 15 is 0 Å². The zero-order chi connectivity index (χ0) is 19.6. The van der Waals surface area contributed by atoms with E-state index in [4.69, 9.17) is 26.7 Å². The van der Waals surface area contributed by atoms with Gasteiger partial charge in [-0.2, -0.15) is 0 Å². The van der Waals surface area contributed by atoms with Gasteiger partial charge < -0.3 is 21.3 Å². The van der Waals surface area contributed by atoms with Gasteiger partial charge in [0.25, 0.3) is 0 Å². The van der Waals surface area contributed by atoms with Crippen LogP contribution in [0, 0.1) is 5.41 Å². The van der Waals surface area contributed by atoms with Crippen LogP contribution >= 0.6 is 0 Å². The van der Waals surface area contributed by atoms with Crippen molar-refractivity contribution in [2.45, 2.75) is 30.9 Å². The molecule has 9 heteroatoms. The normalized spacial score (nSPS) is 22.5. The Morgan fingerprint density at radius 3 is 2.48 bits per heavy atom. The van der Waals surface area contributed by atoms with Gasteiger partial charge in [0.05, 0.1) is 13.0 Å². The number of likely N-dealkylation sites (tertiary alicyclic amines) is 1. The van der Waals surface area contributed by atoms with E-state index in [1.165, 1.54) is 0 Å². The van der Waals surface area contributed by atoms with Crippen molar-refractivity contribution in [1.82, 2.24) is 4.90 Å². The molecule has 146 valence electrons. The number of cyclic esters (lactones) is 1. The van der Waals surface area contributed by atoms with Gasteiger partial charge in [0.2, 0.25) is 0 Å². The molecule has 9 nitrogen and oxygen atoms in total. The van der Waals surface area contributed by atoms with Crippen LogP contribution in [0.1, 0.15) is 24.8 Å². The lowest BCUT2D eigenvalue weighted by atomic mass is 9.85. The maximum Gasteiger partial charge on any atom is 0.414 e. The van der Waals surface area contributed by atoms with Crippen LogP contribution in [0.4, 0.5) is 10.5 Å². The molecule has 27 heavy (non-hydrogen) atoms. The fraction of sp³-hybridized carbons (Fsp3) is 0.500. The second-order valence-electron chi connectivity index (χ2n) is 7.31. The highest BCUT2D eigenvalue weighted by molar-refractivity contribution is 5.96. The van der Waals surface area contributed by atoms with Gasteiger partial charge in [0.1, 0.15) is 11.9 Å². The van der Waals surface area contributed by atoms with Crippen LogP contribution in [0.3, 0.4) is 0 Å². The van der Waals surface area contributed by atoms with Gasteiger partial charge in [-0.1, -0.05) is 0 Å². The third-order valence-corrected chi connectivity index (χ3v) is 5.18. The minimum absolute atomic E-state index is 0.0209. The summed E-state index contributed by atoms with van der Waals surface area (Å²) in [5.74, 6) is -0.894. The smallest absolute Gasteiger partial charge is 0.414 e. The summed E-state index contributed by atoms with van der Waals surface area (Å²) in [5.41, 5.74) is 12.3. The average Bonchev–Trinajstić information content (AvgIpc) is 2.97. The molecule has 1 atom stereocenters. The first-order valence-electron chi connectivity index (χ1n) is 8.91. The molecule has 1 amide bonds. The first-order valence-corrected chi connectivity index (χ1v) is 8.91. The van der Waals surface area contributed by atoms with Crippen LogP contribution in [-0.4, -0.2) is 65.7 Å². The second kappa shape index (κ2) is 7.53. The minimum atomic E-state index is -0.873. The van der Waals surface area contributed by atoms with E-state index in [-0.39, 0.29) is 18.4 Å². The summed E-state index contributed by atoms with van der Waals surface area (Å²) in [6.07, 6.45) is 0.539. The number of benzene rings is 1. The number of aliphatic carboxylic acids is 1. The predicted molar refractivity (Wildman–Crippen MR) is 99.9 cm³/mol. The molecule has 2 aliphatic rings. The number of ether oxygens (including phenoxy) is 1. The number of hydrogen-bond acceptors (Lipinski definition) is 6. The number of piperidine rings is 1. The SMILES string of the molecule is N=C(N)c1ccc(N2CC(CN3CCC(N)(CC(=O)O)CC3)OC2=O)cc1.